The van der Waals surface area contributed by atoms with E-state index in [9.17, 15) is 15.3 Å². The van der Waals surface area contributed by atoms with E-state index in [0.717, 1.165) is 6.42 Å². The van der Waals surface area contributed by atoms with Gasteiger partial charge in [-0.05, 0) is 81.5 Å². The second-order valence-electron chi connectivity index (χ2n) is 11.9. The first-order valence-corrected chi connectivity index (χ1v) is 12.1. The van der Waals surface area contributed by atoms with Crippen LogP contribution in [0.15, 0.2) is 35.5 Å². The summed E-state index contributed by atoms with van der Waals surface area (Å²) in [5.41, 5.74) is 2.28. The van der Waals surface area contributed by atoms with Gasteiger partial charge in [0.25, 0.3) is 0 Å². The zero-order valence-electron chi connectivity index (χ0n) is 19.6. The Balaban J connectivity index is 1.58. The standard InChI is InChI=1S/C27H42O3/c1-17(7-6-13-25(2,3)30)21-10-11-22-20-9-8-18-15-19(28)16-24(29)27(18,5)23(20)12-14-26(21,22)4/h6-9,17,19,21-24,28-30H,10-16H2,1-5H3/b7-6+/t17-,19-,21-,22+,23+,24+,26-,27+/m1/s1. The first-order valence-electron chi connectivity index (χ1n) is 12.1. The van der Waals surface area contributed by atoms with E-state index >= 15 is 0 Å². The average molecular weight is 415 g/mol. The molecule has 0 spiro atoms. The van der Waals surface area contributed by atoms with Gasteiger partial charge in [0.05, 0.1) is 17.8 Å². The van der Waals surface area contributed by atoms with Crippen LogP contribution in [0.4, 0.5) is 0 Å². The fraction of sp³-hybridized carbons (Fsp3) is 0.778. The highest BCUT2D eigenvalue weighted by molar-refractivity contribution is 5.40. The molecule has 0 unspecified atom stereocenters. The molecule has 3 fully saturated rings. The largest absolute Gasteiger partial charge is 0.393 e. The first-order chi connectivity index (χ1) is 14.0. The summed E-state index contributed by atoms with van der Waals surface area (Å²) in [5.74, 6) is 2.19. The molecule has 0 aromatic carbocycles. The zero-order valence-corrected chi connectivity index (χ0v) is 19.6. The van der Waals surface area contributed by atoms with Crippen molar-refractivity contribution in [3.8, 4) is 0 Å². The van der Waals surface area contributed by atoms with Crippen molar-refractivity contribution in [3.63, 3.8) is 0 Å². The lowest BCUT2D eigenvalue weighted by Gasteiger charge is -2.56. The Labute approximate surface area is 183 Å². The van der Waals surface area contributed by atoms with Gasteiger partial charge in [0.15, 0.2) is 0 Å². The summed E-state index contributed by atoms with van der Waals surface area (Å²) in [4.78, 5) is 0. The van der Waals surface area contributed by atoms with Crippen molar-refractivity contribution >= 4 is 0 Å². The lowest BCUT2D eigenvalue weighted by Crippen LogP contribution is -2.52. The Hall–Kier alpha value is -0.900. The van der Waals surface area contributed by atoms with Crippen LogP contribution >= 0.6 is 0 Å². The number of hydrogen-bond acceptors (Lipinski definition) is 3. The zero-order chi connectivity index (χ0) is 21.9. The third kappa shape index (κ3) is 3.55. The molecule has 4 rings (SSSR count). The minimum atomic E-state index is -0.642. The van der Waals surface area contributed by atoms with Gasteiger partial charge in [-0.15, -0.1) is 0 Å². The summed E-state index contributed by atoms with van der Waals surface area (Å²) < 4.78 is 0. The lowest BCUT2D eigenvalue weighted by atomic mass is 9.49. The maximum Gasteiger partial charge on any atom is 0.0661 e. The van der Waals surface area contributed by atoms with Crippen LogP contribution in [-0.4, -0.2) is 33.1 Å². The molecule has 0 heterocycles. The molecular weight excluding hydrogens is 372 g/mol. The van der Waals surface area contributed by atoms with Crippen molar-refractivity contribution in [2.24, 2.45) is 34.5 Å². The van der Waals surface area contributed by atoms with Crippen molar-refractivity contribution in [2.45, 2.75) is 97.4 Å². The summed E-state index contributed by atoms with van der Waals surface area (Å²) in [7, 11) is 0. The van der Waals surface area contributed by atoms with Gasteiger partial charge in [-0.2, -0.15) is 0 Å². The highest BCUT2D eigenvalue weighted by Crippen LogP contribution is 2.65. The molecule has 0 bridgehead atoms. The summed E-state index contributed by atoms with van der Waals surface area (Å²) >= 11 is 0. The molecule has 3 saturated carbocycles. The van der Waals surface area contributed by atoms with E-state index in [4.69, 9.17) is 0 Å². The van der Waals surface area contributed by atoms with Crippen molar-refractivity contribution in [2.75, 3.05) is 0 Å². The van der Waals surface area contributed by atoms with Crippen LogP contribution in [0.2, 0.25) is 0 Å². The highest BCUT2D eigenvalue weighted by atomic mass is 16.3. The normalized spacial score (nSPS) is 44.7. The van der Waals surface area contributed by atoms with Crippen LogP contribution in [0.25, 0.3) is 0 Å². The van der Waals surface area contributed by atoms with Gasteiger partial charge in [-0.3, -0.25) is 0 Å². The molecule has 0 amide bonds. The Morgan fingerprint density at radius 2 is 1.87 bits per heavy atom. The molecule has 3 nitrogen and oxygen atoms in total. The summed E-state index contributed by atoms with van der Waals surface area (Å²) in [6.45, 7) is 10.9. The quantitative estimate of drug-likeness (QED) is 0.556. The van der Waals surface area contributed by atoms with Gasteiger partial charge in [-0.25, -0.2) is 0 Å². The van der Waals surface area contributed by atoms with Gasteiger partial charge in [0, 0.05) is 11.8 Å². The van der Waals surface area contributed by atoms with Crippen LogP contribution in [0.3, 0.4) is 0 Å². The summed E-state index contributed by atoms with van der Waals surface area (Å²) in [5, 5.41) is 31.2. The third-order valence-electron chi connectivity index (χ3n) is 9.41. The van der Waals surface area contributed by atoms with E-state index < -0.39 is 17.8 Å². The number of allylic oxidation sites excluding steroid dienone is 4. The molecule has 3 N–H and O–H groups in total. The molecule has 0 radical (unpaired) electrons. The van der Waals surface area contributed by atoms with Gasteiger partial charge in [-0.1, -0.05) is 56.2 Å². The van der Waals surface area contributed by atoms with E-state index in [1.807, 2.05) is 13.8 Å². The lowest BCUT2D eigenvalue weighted by molar-refractivity contribution is -0.0537. The minimum absolute atomic E-state index is 0.207. The first kappa shape index (κ1) is 22.3. The Kier molecular flexibility index (Phi) is 5.65. The Bertz CT molecular complexity index is 757. The number of aliphatic hydroxyl groups is 3. The molecular formula is C27H42O3. The summed E-state index contributed by atoms with van der Waals surface area (Å²) in [6, 6.07) is 0. The SMILES string of the molecule is C[C@H](/C=C/CC(C)(C)O)[C@H]1CC[C@H]2C3=CC=C4C[C@@H](O)C[C@H](O)[C@]4(C)[C@H]3CC[C@]12C. The molecule has 168 valence electrons. The second-order valence-corrected chi connectivity index (χ2v) is 11.9. The van der Waals surface area contributed by atoms with Crippen molar-refractivity contribution in [3.05, 3.63) is 35.5 Å². The monoisotopic (exact) mass is 414 g/mol. The van der Waals surface area contributed by atoms with Gasteiger partial charge in [0.2, 0.25) is 0 Å². The number of hydrogen-bond donors (Lipinski definition) is 3. The maximum atomic E-state index is 11.0. The molecule has 0 aliphatic heterocycles. The average Bonchev–Trinajstić information content (AvgIpc) is 2.99. The molecule has 0 aromatic rings. The van der Waals surface area contributed by atoms with E-state index in [-0.39, 0.29) is 5.41 Å². The number of aliphatic hydroxyl groups excluding tert-OH is 2. The Morgan fingerprint density at radius 3 is 2.57 bits per heavy atom. The van der Waals surface area contributed by atoms with Crippen molar-refractivity contribution < 1.29 is 15.3 Å². The van der Waals surface area contributed by atoms with Gasteiger partial charge in [0.1, 0.15) is 0 Å². The molecule has 30 heavy (non-hydrogen) atoms. The molecule has 3 heteroatoms. The van der Waals surface area contributed by atoms with Crippen LogP contribution in [0, 0.1) is 34.5 Å². The van der Waals surface area contributed by atoms with Crippen LogP contribution in [-0.2, 0) is 0 Å². The fourth-order valence-corrected chi connectivity index (χ4v) is 7.66. The van der Waals surface area contributed by atoms with E-state index in [0.29, 0.717) is 48.3 Å². The number of fused-ring (bicyclic) bond motifs is 5. The predicted octanol–water partition coefficient (Wildman–Crippen LogP) is 5.17. The highest BCUT2D eigenvalue weighted by Gasteiger charge is 2.58. The van der Waals surface area contributed by atoms with Crippen molar-refractivity contribution in [1.82, 2.24) is 0 Å². The Morgan fingerprint density at radius 1 is 1.13 bits per heavy atom. The van der Waals surface area contributed by atoms with E-state index in [1.165, 1.54) is 24.8 Å². The molecule has 0 saturated heterocycles. The van der Waals surface area contributed by atoms with Crippen LogP contribution < -0.4 is 0 Å². The van der Waals surface area contributed by atoms with Crippen LogP contribution in [0.1, 0.15) is 79.6 Å². The smallest absolute Gasteiger partial charge is 0.0661 e. The molecule has 0 aromatic heterocycles. The van der Waals surface area contributed by atoms with E-state index in [2.05, 4.69) is 45.1 Å². The minimum Gasteiger partial charge on any atom is -0.393 e. The van der Waals surface area contributed by atoms with Gasteiger partial charge < -0.3 is 15.3 Å². The fourth-order valence-electron chi connectivity index (χ4n) is 7.66. The number of rotatable bonds is 4. The third-order valence-corrected chi connectivity index (χ3v) is 9.41. The summed E-state index contributed by atoms with van der Waals surface area (Å²) in [6.07, 6.45) is 15.0. The molecule has 4 aliphatic carbocycles. The maximum absolute atomic E-state index is 11.0. The van der Waals surface area contributed by atoms with Crippen LogP contribution in [0.5, 0.6) is 0 Å². The topological polar surface area (TPSA) is 60.7 Å². The van der Waals surface area contributed by atoms with Crippen molar-refractivity contribution in [1.29, 1.82) is 0 Å². The van der Waals surface area contributed by atoms with Gasteiger partial charge >= 0.3 is 0 Å². The van der Waals surface area contributed by atoms with E-state index in [1.54, 1.807) is 5.57 Å². The molecule has 4 aliphatic rings. The molecule has 8 atom stereocenters. The second kappa shape index (κ2) is 7.60. The predicted molar refractivity (Wildman–Crippen MR) is 122 cm³/mol.